The first-order valence-electron chi connectivity index (χ1n) is 21.4. The van der Waals surface area contributed by atoms with Crippen molar-refractivity contribution in [2.24, 2.45) is 22.7 Å². The van der Waals surface area contributed by atoms with Crippen LogP contribution in [0.15, 0.2) is 36.4 Å². The fourth-order valence-electron chi connectivity index (χ4n) is 12.9. The van der Waals surface area contributed by atoms with E-state index in [0.717, 1.165) is 73.7 Å². The smallest absolute Gasteiger partial charge is 0.315 e. The van der Waals surface area contributed by atoms with Crippen molar-refractivity contribution in [3.8, 4) is 23.0 Å². The third-order valence-corrected chi connectivity index (χ3v) is 15.9. The van der Waals surface area contributed by atoms with E-state index >= 15 is 0 Å². The van der Waals surface area contributed by atoms with Crippen LogP contribution in [0.3, 0.4) is 0 Å². The van der Waals surface area contributed by atoms with Gasteiger partial charge in [0.1, 0.15) is 6.10 Å². The van der Waals surface area contributed by atoms with E-state index in [1.807, 2.05) is 47.6 Å². The van der Waals surface area contributed by atoms with Crippen molar-refractivity contribution in [1.29, 1.82) is 0 Å². The Hall–Kier alpha value is -4.09. The van der Waals surface area contributed by atoms with Crippen molar-refractivity contribution in [2.75, 3.05) is 40.6 Å². The lowest BCUT2D eigenvalue weighted by Gasteiger charge is -2.60. The van der Waals surface area contributed by atoms with Crippen molar-refractivity contribution in [1.82, 2.24) is 0 Å². The lowest BCUT2D eigenvalue weighted by Crippen LogP contribution is -2.72. The van der Waals surface area contributed by atoms with Gasteiger partial charge < -0.3 is 29.2 Å². The van der Waals surface area contributed by atoms with Gasteiger partial charge >= 0.3 is 11.9 Å². The van der Waals surface area contributed by atoms with E-state index in [9.17, 15) is 24.6 Å². The SMILES string of the molecule is C=C1CC[C@H]2C3Cc4ccc(O)c5c4[C@@]2(CC[N@+]3(C)COC(=O)C(C)(C)C)[C@H]1O5.CC(C)(C)C(=O)OC[N@+]1(C)CC[C@]23c4c5ccc(O)c4O[C@H]2C(=O)CC[C@H]3C1C5. The fraction of sp³-hybridized carbons (Fsp3) is 0.638. The molecule has 58 heavy (non-hydrogen) atoms. The number of carbonyl (C=O) groups excluding carboxylic acids is 3. The number of Topliss-reactive ketones (excluding diaryl/α,β-unsaturated/α-hetero) is 1. The molecule has 312 valence electrons. The number of likely N-dealkylation sites (tertiary alicyclic amines) is 2. The van der Waals surface area contributed by atoms with Crippen LogP contribution in [0.5, 0.6) is 23.0 Å². The molecule has 4 fully saturated rings. The molecule has 4 aliphatic heterocycles. The van der Waals surface area contributed by atoms with Gasteiger partial charge in [-0.2, -0.15) is 0 Å². The van der Waals surface area contributed by atoms with E-state index in [-0.39, 0.29) is 58.1 Å². The van der Waals surface area contributed by atoms with Crippen LogP contribution in [0.1, 0.15) is 102 Å². The third-order valence-electron chi connectivity index (χ3n) is 15.9. The summed E-state index contributed by atoms with van der Waals surface area (Å²) in [5, 5.41) is 20.9. The highest BCUT2D eigenvalue weighted by Gasteiger charge is 2.70. The highest BCUT2D eigenvalue weighted by molar-refractivity contribution is 5.89. The van der Waals surface area contributed by atoms with Crippen molar-refractivity contribution >= 4 is 17.7 Å². The van der Waals surface area contributed by atoms with E-state index in [2.05, 4.69) is 26.7 Å². The lowest BCUT2D eigenvalue weighted by atomic mass is 9.51. The first-order chi connectivity index (χ1) is 27.2. The predicted octanol–water partition coefficient (Wildman–Crippen LogP) is 6.37. The number of esters is 2. The molecular formula is C47H62N2O9+2. The molecule has 2 saturated carbocycles. The van der Waals surface area contributed by atoms with Crippen molar-refractivity contribution < 1.29 is 52.5 Å². The molecule has 4 heterocycles. The fourth-order valence-corrected chi connectivity index (χ4v) is 12.9. The first-order valence-corrected chi connectivity index (χ1v) is 21.4. The van der Waals surface area contributed by atoms with E-state index in [1.165, 1.54) is 16.7 Å². The minimum atomic E-state index is -0.524. The van der Waals surface area contributed by atoms with Gasteiger partial charge in [-0.25, -0.2) is 0 Å². The highest BCUT2D eigenvalue weighted by Crippen LogP contribution is 2.66. The number of nitrogens with zero attached hydrogens (tertiary/aromatic N) is 2. The zero-order valence-corrected chi connectivity index (χ0v) is 35.6. The number of carbonyl (C=O) groups is 3. The lowest BCUT2D eigenvalue weighted by molar-refractivity contribution is -0.959. The third kappa shape index (κ3) is 5.40. The molecule has 10 rings (SSSR count). The number of likely N-dealkylation sites (N-methyl/N-ethyl adjacent to an activating group) is 2. The molecule has 0 radical (unpaired) electrons. The number of piperidine rings is 2. The number of phenolic OH excluding ortho intramolecular Hbond substituents is 2. The summed E-state index contributed by atoms with van der Waals surface area (Å²) in [5.41, 5.74) is 4.47. The Kier molecular flexibility index (Phi) is 8.63. The number of quaternary nitrogens is 2. The van der Waals surface area contributed by atoms with E-state index < -0.39 is 16.9 Å². The van der Waals surface area contributed by atoms with E-state index in [1.54, 1.807) is 12.1 Å². The normalized spacial score (nSPS) is 37.0. The molecule has 10 atom stereocenters. The number of ketones is 1. The van der Waals surface area contributed by atoms with E-state index in [4.69, 9.17) is 18.9 Å². The number of ether oxygens (including phenoxy) is 4. The summed E-state index contributed by atoms with van der Waals surface area (Å²) in [5.74, 6) is 2.17. The number of hydrogen-bond acceptors (Lipinski definition) is 9. The Balaban J connectivity index is 0.000000150. The van der Waals surface area contributed by atoms with Crippen LogP contribution >= 0.6 is 0 Å². The van der Waals surface area contributed by atoms with Crippen LogP contribution < -0.4 is 9.47 Å². The van der Waals surface area contributed by atoms with Crippen LogP contribution in [0.25, 0.3) is 0 Å². The molecule has 8 aliphatic rings. The molecule has 2 N–H and O–H groups in total. The standard InChI is InChI=1S/C24H31NO4.C23H29NO5/c1-14-6-8-16-17-12-15-7-9-18(26)20-19(15)24(16,21(14)29-20)10-11-25(17,5)13-28-22(27)23(2,3)4;1-22(2,3)21(27)28-12-24(4)10-9-23-14-6-8-17(26)20(23)29-19-16(25)7-5-13(18(19)23)11-15(14)24/h7,9,16-17,21H,1,6,8,10-13H2,2-5H3;5,7,14-15,20H,6,8-12H2,1-4H3/p+2/t16-,17?,21-,24-,25+;14-,15?,20-,23-,24-/m00/s1. The van der Waals surface area contributed by atoms with Crippen LogP contribution in [0, 0.1) is 22.7 Å². The number of benzene rings is 2. The maximum absolute atomic E-state index is 12.8. The molecule has 2 unspecified atom stereocenters. The molecule has 4 bridgehead atoms. The molecule has 2 aromatic rings. The zero-order valence-electron chi connectivity index (χ0n) is 35.6. The molecule has 2 aromatic carbocycles. The summed E-state index contributed by atoms with van der Waals surface area (Å²) in [6.45, 7) is 18.2. The van der Waals surface area contributed by atoms with Gasteiger partial charge in [0.05, 0.1) is 60.9 Å². The molecule has 0 aromatic heterocycles. The maximum Gasteiger partial charge on any atom is 0.315 e. The Bertz CT molecular complexity index is 1980. The van der Waals surface area contributed by atoms with Gasteiger partial charge in [0.15, 0.2) is 34.9 Å². The van der Waals surface area contributed by atoms with Gasteiger partial charge in [0.25, 0.3) is 0 Å². The summed E-state index contributed by atoms with van der Waals surface area (Å²) in [6.07, 6.45) is 6.40. The van der Waals surface area contributed by atoms with Crippen LogP contribution in [-0.2, 0) is 47.5 Å². The molecule has 2 saturated heterocycles. The summed E-state index contributed by atoms with van der Waals surface area (Å²) >= 11 is 0. The van der Waals surface area contributed by atoms with Gasteiger partial charge in [-0.3, -0.25) is 23.3 Å². The minimum Gasteiger partial charge on any atom is -0.504 e. The van der Waals surface area contributed by atoms with Crippen molar-refractivity contribution in [3.05, 3.63) is 58.7 Å². The zero-order chi connectivity index (χ0) is 41.5. The highest BCUT2D eigenvalue weighted by atomic mass is 16.6. The number of hydrogen-bond donors (Lipinski definition) is 2. The average Bonchev–Trinajstić information content (AvgIpc) is 3.71. The number of rotatable bonds is 4. The summed E-state index contributed by atoms with van der Waals surface area (Å²) < 4.78 is 25.6. The summed E-state index contributed by atoms with van der Waals surface area (Å²) in [6, 6.07) is 8.15. The van der Waals surface area contributed by atoms with E-state index in [0.29, 0.717) is 47.8 Å². The van der Waals surface area contributed by atoms with Gasteiger partial charge in [0, 0.05) is 55.1 Å². The van der Waals surface area contributed by atoms with Gasteiger partial charge in [-0.05, 0) is 89.6 Å². The van der Waals surface area contributed by atoms with Gasteiger partial charge in [-0.1, -0.05) is 18.7 Å². The second kappa shape index (κ2) is 12.7. The van der Waals surface area contributed by atoms with Gasteiger partial charge in [0.2, 0.25) is 13.5 Å². The number of phenols is 2. The quantitative estimate of drug-likeness (QED) is 0.206. The molecule has 2 spiro atoms. The maximum atomic E-state index is 12.8. The predicted molar refractivity (Wildman–Crippen MR) is 215 cm³/mol. The van der Waals surface area contributed by atoms with Crippen LogP contribution in [0.4, 0.5) is 0 Å². The Morgan fingerprint density at radius 3 is 1.64 bits per heavy atom. The second-order valence-corrected chi connectivity index (χ2v) is 21.5. The van der Waals surface area contributed by atoms with Crippen molar-refractivity contribution in [2.45, 2.75) is 128 Å². The summed E-state index contributed by atoms with van der Waals surface area (Å²) in [7, 11) is 4.43. The molecule has 11 heteroatoms. The second-order valence-electron chi connectivity index (χ2n) is 21.5. The Morgan fingerprint density at radius 2 is 1.17 bits per heavy atom. The Morgan fingerprint density at radius 1 is 0.741 bits per heavy atom. The van der Waals surface area contributed by atoms with Gasteiger partial charge in [-0.15, -0.1) is 0 Å². The molecular weight excluding hydrogens is 737 g/mol. The monoisotopic (exact) mass is 798 g/mol. The molecule has 0 amide bonds. The summed E-state index contributed by atoms with van der Waals surface area (Å²) in [4.78, 5) is 37.7. The molecule has 4 aliphatic carbocycles. The number of aromatic hydroxyl groups is 2. The van der Waals surface area contributed by atoms with Crippen molar-refractivity contribution in [3.63, 3.8) is 0 Å². The van der Waals surface area contributed by atoms with Crippen LogP contribution in [-0.4, -0.2) is 102 Å². The average molecular weight is 799 g/mol. The van der Waals surface area contributed by atoms with Crippen LogP contribution in [0.2, 0.25) is 0 Å². The first kappa shape index (κ1) is 39.4. The Labute approximate surface area is 342 Å². The minimum absolute atomic E-state index is 0.0445. The molecule has 11 nitrogen and oxygen atoms in total. The largest absolute Gasteiger partial charge is 0.504 e. The topological polar surface area (TPSA) is 129 Å².